The molecule has 0 N–H and O–H groups in total. The molecule has 30 heavy (non-hydrogen) atoms. The number of likely N-dealkylation sites (tertiary alicyclic amines) is 2. The quantitative estimate of drug-likeness (QED) is 0.708. The number of piperidine rings is 1. The summed E-state index contributed by atoms with van der Waals surface area (Å²) in [5.41, 5.74) is 0.673. The van der Waals surface area contributed by atoms with Crippen LogP contribution in [0.2, 0.25) is 0 Å². The van der Waals surface area contributed by atoms with Crippen LogP contribution in [0.15, 0.2) is 47.1 Å². The average molecular weight is 410 g/mol. The van der Waals surface area contributed by atoms with Gasteiger partial charge < -0.3 is 19.0 Å². The maximum Gasteiger partial charge on any atom is 0.290 e. The number of furan rings is 1. The lowest BCUT2D eigenvalue weighted by Crippen LogP contribution is -2.50. The molecule has 4 rings (SSSR count). The van der Waals surface area contributed by atoms with Gasteiger partial charge >= 0.3 is 0 Å². The number of Topliss-reactive ketones (excluding diaryl/α,β-unsaturated/α-hetero) is 1. The summed E-state index contributed by atoms with van der Waals surface area (Å²) in [6.45, 7) is 1.62. The molecule has 2 aromatic rings. The van der Waals surface area contributed by atoms with Crippen LogP contribution < -0.4 is 4.74 Å². The first-order valence-electron chi connectivity index (χ1n) is 10.4. The number of rotatable bonds is 5. The Balaban J connectivity index is 1.35. The second kappa shape index (κ2) is 8.73. The number of methoxy groups -OCH3 is 1. The molecule has 0 spiro atoms. The summed E-state index contributed by atoms with van der Waals surface area (Å²) in [7, 11) is 1.59. The molecule has 2 fully saturated rings. The van der Waals surface area contributed by atoms with Crippen LogP contribution in [0.25, 0.3) is 0 Å². The van der Waals surface area contributed by atoms with Gasteiger partial charge in [-0.1, -0.05) is 0 Å². The van der Waals surface area contributed by atoms with Crippen molar-refractivity contribution in [3.05, 3.63) is 54.0 Å². The summed E-state index contributed by atoms with van der Waals surface area (Å²) in [6.07, 6.45) is 4.20. The molecule has 0 saturated carbocycles. The van der Waals surface area contributed by atoms with E-state index in [-0.39, 0.29) is 29.3 Å². The monoisotopic (exact) mass is 410 g/mol. The van der Waals surface area contributed by atoms with Crippen LogP contribution in [0.4, 0.5) is 0 Å². The minimum absolute atomic E-state index is 0.0252. The van der Waals surface area contributed by atoms with Gasteiger partial charge in [-0.15, -0.1) is 0 Å². The molecule has 1 unspecified atom stereocenters. The Morgan fingerprint density at radius 1 is 1.00 bits per heavy atom. The Bertz CT molecular complexity index is 898. The summed E-state index contributed by atoms with van der Waals surface area (Å²) < 4.78 is 10.4. The zero-order chi connectivity index (χ0) is 21.1. The van der Waals surface area contributed by atoms with E-state index in [2.05, 4.69) is 0 Å². The van der Waals surface area contributed by atoms with E-state index in [0.717, 1.165) is 12.2 Å². The second-order valence-electron chi connectivity index (χ2n) is 7.83. The highest BCUT2D eigenvalue weighted by Crippen LogP contribution is 2.27. The first kappa shape index (κ1) is 20.2. The minimum Gasteiger partial charge on any atom is -0.497 e. The predicted octanol–water partition coefficient (Wildman–Crippen LogP) is 3.01. The van der Waals surface area contributed by atoms with Gasteiger partial charge in [-0.2, -0.15) is 0 Å². The van der Waals surface area contributed by atoms with E-state index in [1.54, 1.807) is 53.3 Å². The minimum atomic E-state index is -0.448. The Kier molecular flexibility index (Phi) is 5.88. The van der Waals surface area contributed by atoms with Crippen LogP contribution in [0.1, 0.15) is 46.6 Å². The van der Waals surface area contributed by atoms with E-state index in [1.165, 1.54) is 6.26 Å². The summed E-state index contributed by atoms with van der Waals surface area (Å²) in [5.74, 6) is 0.742. The predicted molar refractivity (Wildman–Crippen MR) is 109 cm³/mol. The van der Waals surface area contributed by atoms with Gasteiger partial charge in [-0.25, -0.2) is 0 Å². The lowest BCUT2D eigenvalue weighted by molar-refractivity contribution is -0.136. The molecule has 2 aliphatic heterocycles. The molecule has 0 bridgehead atoms. The fourth-order valence-corrected chi connectivity index (χ4v) is 4.37. The molecule has 1 aromatic heterocycles. The van der Waals surface area contributed by atoms with Crippen molar-refractivity contribution in [1.29, 1.82) is 0 Å². The van der Waals surface area contributed by atoms with Crippen LogP contribution in [0.5, 0.6) is 5.75 Å². The van der Waals surface area contributed by atoms with E-state index in [1.807, 2.05) is 0 Å². The maximum atomic E-state index is 13.1. The van der Waals surface area contributed by atoms with Crippen LogP contribution in [0, 0.1) is 5.92 Å². The number of hydrogen-bond donors (Lipinski definition) is 0. The molecule has 158 valence electrons. The lowest BCUT2D eigenvalue weighted by Gasteiger charge is -2.35. The molecule has 2 aliphatic rings. The number of ketones is 1. The molecule has 2 saturated heterocycles. The molecule has 7 nitrogen and oxygen atoms in total. The van der Waals surface area contributed by atoms with Crippen molar-refractivity contribution in [2.75, 3.05) is 26.7 Å². The molecule has 0 radical (unpaired) electrons. The van der Waals surface area contributed by atoms with Gasteiger partial charge in [0.2, 0.25) is 5.91 Å². The Morgan fingerprint density at radius 2 is 1.73 bits per heavy atom. The molecule has 1 aromatic carbocycles. The Labute approximate surface area is 175 Å². The first-order chi connectivity index (χ1) is 14.6. The van der Waals surface area contributed by atoms with Gasteiger partial charge in [-0.3, -0.25) is 14.4 Å². The third-order valence-electron chi connectivity index (χ3n) is 6.08. The number of ether oxygens (including phenoxy) is 1. The van der Waals surface area contributed by atoms with Crippen molar-refractivity contribution >= 4 is 17.6 Å². The summed E-state index contributed by atoms with van der Waals surface area (Å²) in [6, 6.07) is 10.00. The van der Waals surface area contributed by atoms with Crippen LogP contribution >= 0.6 is 0 Å². The van der Waals surface area contributed by atoms with Crippen molar-refractivity contribution < 1.29 is 23.5 Å². The third-order valence-corrected chi connectivity index (χ3v) is 6.08. The highest BCUT2D eigenvalue weighted by atomic mass is 16.5. The van der Waals surface area contributed by atoms with E-state index in [4.69, 9.17) is 9.15 Å². The molecular weight excluding hydrogens is 384 g/mol. The van der Waals surface area contributed by atoms with Crippen molar-refractivity contribution in [1.82, 2.24) is 9.80 Å². The van der Waals surface area contributed by atoms with E-state index in [0.29, 0.717) is 44.5 Å². The molecule has 3 heterocycles. The largest absolute Gasteiger partial charge is 0.497 e. The highest BCUT2D eigenvalue weighted by Gasteiger charge is 2.39. The van der Waals surface area contributed by atoms with Gasteiger partial charge in [0.05, 0.1) is 13.4 Å². The maximum absolute atomic E-state index is 13.1. The van der Waals surface area contributed by atoms with Crippen molar-refractivity contribution in [2.45, 2.75) is 31.7 Å². The second-order valence-corrected chi connectivity index (χ2v) is 7.83. The zero-order valence-corrected chi connectivity index (χ0v) is 17.1. The smallest absolute Gasteiger partial charge is 0.290 e. The number of carbonyl (C=O) groups excluding carboxylic acids is 3. The van der Waals surface area contributed by atoms with Gasteiger partial charge in [0.1, 0.15) is 11.8 Å². The van der Waals surface area contributed by atoms with Crippen LogP contribution in [-0.2, 0) is 4.79 Å². The molecule has 1 atom stereocenters. The SMILES string of the molecule is COc1ccc(C(=O)C2CCN(C(=O)C3CCCN3C(=O)c3ccco3)CC2)cc1. The number of benzene rings is 1. The van der Waals surface area contributed by atoms with Crippen molar-refractivity contribution in [3.63, 3.8) is 0 Å². The molecule has 2 amide bonds. The van der Waals surface area contributed by atoms with Crippen LogP contribution in [-0.4, -0.2) is 60.2 Å². The topological polar surface area (TPSA) is 80.1 Å². The van der Waals surface area contributed by atoms with E-state index < -0.39 is 6.04 Å². The normalized spacial score (nSPS) is 19.7. The number of carbonyl (C=O) groups is 3. The van der Waals surface area contributed by atoms with Gasteiger partial charge in [-0.05, 0) is 62.1 Å². The summed E-state index contributed by atoms with van der Waals surface area (Å²) >= 11 is 0. The van der Waals surface area contributed by atoms with Crippen molar-refractivity contribution in [2.24, 2.45) is 5.92 Å². The Morgan fingerprint density at radius 3 is 2.37 bits per heavy atom. The van der Waals surface area contributed by atoms with Gasteiger partial charge in [0.15, 0.2) is 11.5 Å². The average Bonchev–Trinajstić information content (AvgIpc) is 3.50. The molecule has 0 aliphatic carbocycles. The van der Waals surface area contributed by atoms with Gasteiger partial charge in [0, 0.05) is 31.1 Å². The number of hydrogen-bond acceptors (Lipinski definition) is 5. The van der Waals surface area contributed by atoms with E-state index in [9.17, 15) is 14.4 Å². The lowest BCUT2D eigenvalue weighted by atomic mass is 9.88. The molecular formula is C23H26N2O5. The Hall–Kier alpha value is -3.09. The standard InChI is InChI=1S/C23H26N2O5/c1-29-18-8-6-16(7-9-18)21(26)17-10-13-24(14-11-17)22(27)19-4-2-12-25(19)23(28)20-5-3-15-30-20/h3,5-9,15,17,19H,2,4,10-14H2,1H3. The summed E-state index contributed by atoms with van der Waals surface area (Å²) in [4.78, 5) is 42.0. The fourth-order valence-electron chi connectivity index (χ4n) is 4.37. The number of nitrogens with zero attached hydrogens (tertiary/aromatic N) is 2. The van der Waals surface area contributed by atoms with Crippen LogP contribution in [0.3, 0.4) is 0 Å². The van der Waals surface area contributed by atoms with E-state index >= 15 is 0 Å². The number of amides is 2. The van der Waals surface area contributed by atoms with Crippen molar-refractivity contribution in [3.8, 4) is 5.75 Å². The zero-order valence-electron chi connectivity index (χ0n) is 17.1. The molecule has 7 heteroatoms. The first-order valence-corrected chi connectivity index (χ1v) is 10.4. The highest BCUT2D eigenvalue weighted by molar-refractivity contribution is 5.98. The van der Waals surface area contributed by atoms with Gasteiger partial charge in [0.25, 0.3) is 5.91 Å². The fraction of sp³-hybridized carbons (Fsp3) is 0.435. The summed E-state index contributed by atoms with van der Waals surface area (Å²) in [5, 5.41) is 0. The third kappa shape index (κ3) is 3.97.